The molecule has 2 aromatic heterocycles. The van der Waals surface area contributed by atoms with Gasteiger partial charge in [-0.1, -0.05) is 12.1 Å². The number of fused-ring (bicyclic) bond motifs is 1. The predicted octanol–water partition coefficient (Wildman–Crippen LogP) is 3.92. The van der Waals surface area contributed by atoms with Gasteiger partial charge < -0.3 is 10.6 Å². The third-order valence-electron chi connectivity index (χ3n) is 4.08. The zero-order valence-corrected chi connectivity index (χ0v) is 15.8. The van der Waals surface area contributed by atoms with Gasteiger partial charge >= 0.3 is 0 Å². The average Bonchev–Trinajstić information content (AvgIpc) is 2.68. The van der Waals surface area contributed by atoms with Gasteiger partial charge in [0, 0.05) is 35.3 Å². The molecular weight excluding hydrogens is 374 g/mol. The Morgan fingerprint density at radius 2 is 1.54 bits per heavy atom. The number of hydrogen-bond donors (Lipinski definition) is 2. The van der Waals surface area contributed by atoms with E-state index in [1.807, 2.05) is 30.3 Å². The maximum Gasteiger partial charge on any atom is 0.175 e. The van der Waals surface area contributed by atoms with Crippen molar-refractivity contribution in [2.24, 2.45) is 0 Å². The fraction of sp³-hybridized carbons (Fsp3) is 0.0500. The number of aromatic nitrogens is 3. The Morgan fingerprint density at radius 3 is 2.29 bits per heavy atom. The summed E-state index contributed by atoms with van der Waals surface area (Å²) in [5, 5.41) is 7.38. The highest BCUT2D eigenvalue weighted by Crippen LogP contribution is 2.23. The number of nitrogens with zero attached hydrogens (tertiary/aromatic N) is 3. The molecule has 2 N–H and O–H groups in total. The number of pyridine rings is 1. The van der Waals surface area contributed by atoms with Crippen LogP contribution in [0.3, 0.4) is 0 Å². The highest BCUT2D eigenvalue weighted by Gasteiger charge is 2.08. The summed E-state index contributed by atoms with van der Waals surface area (Å²) in [4.78, 5) is 13.0. The summed E-state index contributed by atoms with van der Waals surface area (Å²) in [6.45, 7) is 0. The van der Waals surface area contributed by atoms with Crippen molar-refractivity contribution in [1.82, 2.24) is 15.0 Å². The molecule has 4 aromatic rings. The minimum atomic E-state index is -3.27. The van der Waals surface area contributed by atoms with E-state index in [-0.39, 0.29) is 4.90 Å². The maximum atomic E-state index is 11.7. The van der Waals surface area contributed by atoms with Gasteiger partial charge in [0.2, 0.25) is 0 Å². The summed E-state index contributed by atoms with van der Waals surface area (Å²) < 4.78 is 23.4. The Balaban J connectivity index is 1.56. The van der Waals surface area contributed by atoms with E-state index in [1.165, 1.54) is 12.6 Å². The highest BCUT2D eigenvalue weighted by molar-refractivity contribution is 7.90. The number of sulfone groups is 1. The van der Waals surface area contributed by atoms with Crippen LogP contribution in [0.4, 0.5) is 23.0 Å². The maximum absolute atomic E-state index is 11.7. The molecule has 0 fully saturated rings. The number of anilines is 4. The van der Waals surface area contributed by atoms with Crippen LogP contribution in [0.25, 0.3) is 10.9 Å². The van der Waals surface area contributed by atoms with Crippen molar-refractivity contribution in [2.75, 3.05) is 16.9 Å². The molecule has 2 aromatic carbocycles. The van der Waals surface area contributed by atoms with Crippen LogP contribution in [0.2, 0.25) is 0 Å². The van der Waals surface area contributed by atoms with Gasteiger partial charge in [-0.25, -0.2) is 18.4 Å². The second-order valence-corrected chi connectivity index (χ2v) is 8.27. The van der Waals surface area contributed by atoms with Crippen molar-refractivity contribution in [3.8, 4) is 0 Å². The average molecular weight is 391 g/mol. The molecule has 8 heteroatoms. The van der Waals surface area contributed by atoms with E-state index in [2.05, 4.69) is 25.6 Å². The van der Waals surface area contributed by atoms with Crippen LogP contribution in [-0.2, 0) is 9.84 Å². The standard InChI is InChI=1S/C20H17N5O2S/c1-28(26,27)17-6-2-5-15(11-17)24-19-12-20(23-13-22-19)25-16-7-8-18-14(10-16)4-3-9-21-18/h2-13H,1H3,(H2,22,23,24,25). The van der Waals surface area contributed by atoms with E-state index >= 15 is 0 Å². The second-order valence-electron chi connectivity index (χ2n) is 6.25. The molecule has 0 radical (unpaired) electrons. The van der Waals surface area contributed by atoms with Crippen molar-refractivity contribution < 1.29 is 8.42 Å². The van der Waals surface area contributed by atoms with Crippen LogP contribution in [0.5, 0.6) is 0 Å². The van der Waals surface area contributed by atoms with Crippen LogP contribution >= 0.6 is 0 Å². The zero-order chi connectivity index (χ0) is 19.6. The fourth-order valence-electron chi connectivity index (χ4n) is 2.75. The lowest BCUT2D eigenvalue weighted by atomic mass is 10.2. The van der Waals surface area contributed by atoms with Crippen LogP contribution in [0, 0.1) is 0 Å². The largest absolute Gasteiger partial charge is 0.340 e. The topological polar surface area (TPSA) is 96.9 Å². The summed E-state index contributed by atoms with van der Waals surface area (Å²) in [6.07, 6.45) is 4.38. The Labute approximate surface area is 162 Å². The fourth-order valence-corrected chi connectivity index (χ4v) is 3.41. The molecular formula is C20H17N5O2S. The lowest BCUT2D eigenvalue weighted by Gasteiger charge is -2.10. The molecule has 0 atom stereocenters. The highest BCUT2D eigenvalue weighted by atomic mass is 32.2. The lowest BCUT2D eigenvalue weighted by molar-refractivity contribution is 0.602. The summed E-state index contributed by atoms with van der Waals surface area (Å²) in [5.41, 5.74) is 2.43. The second kappa shape index (κ2) is 7.24. The molecule has 0 aliphatic rings. The van der Waals surface area contributed by atoms with E-state index in [0.29, 0.717) is 17.3 Å². The molecule has 0 saturated carbocycles. The first-order chi connectivity index (χ1) is 13.5. The van der Waals surface area contributed by atoms with Gasteiger partial charge in [0.05, 0.1) is 10.4 Å². The lowest BCUT2D eigenvalue weighted by Crippen LogP contribution is -2.00. The molecule has 0 amide bonds. The minimum absolute atomic E-state index is 0.245. The third kappa shape index (κ3) is 4.07. The van der Waals surface area contributed by atoms with Crippen molar-refractivity contribution in [1.29, 1.82) is 0 Å². The molecule has 140 valence electrons. The van der Waals surface area contributed by atoms with E-state index < -0.39 is 9.84 Å². The normalized spacial score (nSPS) is 11.3. The van der Waals surface area contributed by atoms with Crippen molar-refractivity contribution in [3.63, 3.8) is 0 Å². The Morgan fingerprint density at radius 1 is 0.786 bits per heavy atom. The molecule has 0 bridgehead atoms. The number of hydrogen-bond acceptors (Lipinski definition) is 7. The smallest absolute Gasteiger partial charge is 0.175 e. The van der Waals surface area contributed by atoms with Crippen LogP contribution in [0.1, 0.15) is 0 Å². The number of nitrogens with one attached hydrogen (secondary N) is 2. The molecule has 0 aliphatic carbocycles. The molecule has 0 saturated heterocycles. The van der Waals surface area contributed by atoms with Gasteiger partial charge in [0.15, 0.2) is 9.84 Å². The molecule has 28 heavy (non-hydrogen) atoms. The van der Waals surface area contributed by atoms with Gasteiger partial charge in [0.1, 0.15) is 18.0 Å². The van der Waals surface area contributed by atoms with E-state index in [0.717, 1.165) is 16.6 Å². The minimum Gasteiger partial charge on any atom is -0.340 e. The summed E-state index contributed by atoms with van der Waals surface area (Å²) in [6, 6.07) is 18.1. The Bertz CT molecular complexity index is 1260. The molecule has 2 heterocycles. The number of benzene rings is 2. The van der Waals surface area contributed by atoms with E-state index in [9.17, 15) is 8.42 Å². The van der Waals surface area contributed by atoms with Crippen molar-refractivity contribution >= 4 is 43.8 Å². The van der Waals surface area contributed by atoms with Gasteiger partial charge in [-0.2, -0.15) is 0 Å². The Kier molecular flexibility index (Phi) is 4.62. The molecule has 0 spiro atoms. The van der Waals surface area contributed by atoms with Gasteiger partial charge in [-0.05, 0) is 42.5 Å². The van der Waals surface area contributed by atoms with Crippen LogP contribution < -0.4 is 10.6 Å². The zero-order valence-electron chi connectivity index (χ0n) is 15.0. The third-order valence-corrected chi connectivity index (χ3v) is 5.19. The monoisotopic (exact) mass is 391 g/mol. The first kappa shape index (κ1) is 17.9. The van der Waals surface area contributed by atoms with Gasteiger partial charge in [0.25, 0.3) is 0 Å². The molecule has 0 unspecified atom stereocenters. The quantitative estimate of drug-likeness (QED) is 0.532. The molecule has 0 aliphatic heterocycles. The SMILES string of the molecule is CS(=O)(=O)c1cccc(Nc2cc(Nc3ccc4ncccc4c3)ncn2)c1. The predicted molar refractivity (Wildman–Crippen MR) is 110 cm³/mol. The first-order valence-electron chi connectivity index (χ1n) is 8.48. The number of rotatable bonds is 5. The summed E-state index contributed by atoms with van der Waals surface area (Å²) in [5.74, 6) is 1.16. The van der Waals surface area contributed by atoms with Crippen molar-refractivity contribution in [2.45, 2.75) is 4.90 Å². The van der Waals surface area contributed by atoms with Crippen LogP contribution in [0.15, 0.2) is 78.1 Å². The van der Waals surface area contributed by atoms with E-state index in [4.69, 9.17) is 0 Å². The van der Waals surface area contributed by atoms with Crippen LogP contribution in [-0.4, -0.2) is 29.6 Å². The van der Waals surface area contributed by atoms with Gasteiger partial charge in [-0.3, -0.25) is 4.98 Å². The van der Waals surface area contributed by atoms with Crippen molar-refractivity contribution in [3.05, 3.63) is 73.2 Å². The molecule has 7 nitrogen and oxygen atoms in total. The summed E-state index contributed by atoms with van der Waals surface area (Å²) >= 11 is 0. The molecule has 4 rings (SSSR count). The van der Waals surface area contributed by atoms with E-state index in [1.54, 1.807) is 36.5 Å². The first-order valence-corrected chi connectivity index (χ1v) is 10.4. The van der Waals surface area contributed by atoms with Gasteiger partial charge in [-0.15, -0.1) is 0 Å². The summed E-state index contributed by atoms with van der Waals surface area (Å²) in [7, 11) is -3.27. The Hall–Kier alpha value is -3.52.